The largest absolute Gasteiger partial charge is 0.469 e. The molecule has 0 aliphatic carbocycles. The first kappa shape index (κ1) is 16.0. The Morgan fingerprint density at radius 2 is 2.11 bits per heavy atom. The van der Waals surface area contributed by atoms with Crippen LogP contribution in [0.15, 0.2) is 0 Å². The third-order valence-electron chi connectivity index (χ3n) is 3.77. The van der Waals surface area contributed by atoms with Crippen LogP contribution in [0, 0.1) is 5.92 Å². The van der Waals surface area contributed by atoms with Crippen LogP contribution < -0.4 is 5.32 Å². The zero-order valence-corrected chi connectivity index (χ0v) is 12.5. The molecule has 1 N–H and O–H groups in total. The van der Waals surface area contributed by atoms with Gasteiger partial charge in [0.1, 0.15) is 0 Å². The molecule has 5 heteroatoms. The SMILES string of the molecule is CCC(C)(C)NC(=O)CN1CCCC(C(=O)OC)C1. The van der Waals surface area contributed by atoms with Gasteiger partial charge in [0.25, 0.3) is 0 Å². The molecule has 110 valence electrons. The summed E-state index contributed by atoms with van der Waals surface area (Å²) in [5, 5.41) is 3.01. The molecular formula is C14H26N2O3. The molecule has 1 saturated heterocycles. The van der Waals surface area contributed by atoms with Crippen molar-refractivity contribution >= 4 is 11.9 Å². The van der Waals surface area contributed by atoms with Gasteiger partial charge < -0.3 is 10.1 Å². The van der Waals surface area contributed by atoms with Crippen molar-refractivity contribution in [2.45, 2.75) is 45.6 Å². The Morgan fingerprint density at radius 1 is 1.42 bits per heavy atom. The standard InChI is InChI=1S/C14H26N2O3/c1-5-14(2,3)15-12(17)10-16-8-6-7-11(9-16)13(18)19-4/h11H,5-10H2,1-4H3,(H,15,17). The summed E-state index contributed by atoms with van der Waals surface area (Å²) >= 11 is 0. The third kappa shape index (κ3) is 5.19. The lowest BCUT2D eigenvalue weighted by Gasteiger charge is -2.32. The van der Waals surface area contributed by atoms with Crippen molar-refractivity contribution in [1.82, 2.24) is 10.2 Å². The number of nitrogens with one attached hydrogen (secondary N) is 1. The van der Waals surface area contributed by atoms with Gasteiger partial charge in [-0.1, -0.05) is 6.92 Å². The van der Waals surface area contributed by atoms with Crippen LogP contribution in [0.4, 0.5) is 0 Å². The number of methoxy groups -OCH3 is 1. The number of carbonyl (C=O) groups is 2. The van der Waals surface area contributed by atoms with Crippen LogP contribution in [-0.4, -0.2) is 49.1 Å². The second-order valence-corrected chi connectivity index (χ2v) is 5.88. The van der Waals surface area contributed by atoms with Crippen molar-refractivity contribution in [2.24, 2.45) is 5.92 Å². The predicted octanol–water partition coefficient (Wildman–Crippen LogP) is 1.18. The van der Waals surface area contributed by atoms with Gasteiger partial charge in [0.05, 0.1) is 19.6 Å². The second kappa shape index (κ2) is 6.89. The number of piperidine rings is 1. The van der Waals surface area contributed by atoms with E-state index < -0.39 is 0 Å². The van der Waals surface area contributed by atoms with Crippen molar-refractivity contribution in [2.75, 3.05) is 26.7 Å². The number of carbonyl (C=O) groups excluding carboxylic acids is 2. The fraction of sp³-hybridized carbons (Fsp3) is 0.857. The van der Waals surface area contributed by atoms with Gasteiger partial charge in [0.2, 0.25) is 5.91 Å². The first-order valence-electron chi connectivity index (χ1n) is 6.99. The maximum absolute atomic E-state index is 12.0. The minimum Gasteiger partial charge on any atom is -0.469 e. The van der Waals surface area contributed by atoms with E-state index in [1.807, 2.05) is 18.7 Å². The fourth-order valence-electron chi connectivity index (χ4n) is 2.27. The molecular weight excluding hydrogens is 244 g/mol. The zero-order valence-electron chi connectivity index (χ0n) is 12.5. The molecule has 1 aliphatic heterocycles. The number of rotatable bonds is 5. The number of nitrogens with zero attached hydrogens (tertiary/aromatic N) is 1. The monoisotopic (exact) mass is 270 g/mol. The third-order valence-corrected chi connectivity index (χ3v) is 3.77. The molecule has 5 nitrogen and oxygen atoms in total. The van der Waals surface area contributed by atoms with Crippen LogP contribution in [0.25, 0.3) is 0 Å². The molecule has 0 bridgehead atoms. The molecule has 1 aliphatic rings. The van der Waals surface area contributed by atoms with E-state index in [4.69, 9.17) is 4.74 Å². The van der Waals surface area contributed by atoms with E-state index in [1.54, 1.807) is 0 Å². The van der Waals surface area contributed by atoms with Crippen molar-refractivity contribution < 1.29 is 14.3 Å². The highest BCUT2D eigenvalue weighted by atomic mass is 16.5. The highest BCUT2D eigenvalue weighted by Gasteiger charge is 2.28. The Kier molecular flexibility index (Phi) is 5.79. The average molecular weight is 270 g/mol. The van der Waals surface area contributed by atoms with Crippen LogP contribution in [-0.2, 0) is 14.3 Å². The first-order chi connectivity index (χ1) is 8.88. The number of amides is 1. The summed E-state index contributed by atoms with van der Waals surface area (Å²) < 4.78 is 4.77. The van der Waals surface area contributed by atoms with Crippen molar-refractivity contribution in [1.29, 1.82) is 0 Å². The molecule has 1 rings (SSSR count). The minimum absolute atomic E-state index is 0.0253. The molecule has 1 heterocycles. The topological polar surface area (TPSA) is 58.6 Å². The fourth-order valence-corrected chi connectivity index (χ4v) is 2.27. The van der Waals surface area contributed by atoms with Crippen LogP contribution in [0.5, 0.6) is 0 Å². The normalized spacial score (nSPS) is 20.9. The van der Waals surface area contributed by atoms with Crippen molar-refractivity contribution in [3.8, 4) is 0 Å². The molecule has 0 aromatic rings. The number of ether oxygens (including phenoxy) is 1. The predicted molar refractivity (Wildman–Crippen MR) is 73.7 cm³/mol. The molecule has 1 amide bonds. The van der Waals surface area contributed by atoms with Crippen molar-refractivity contribution in [3.05, 3.63) is 0 Å². The van der Waals surface area contributed by atoms with Crippen LogP contribution in [0.3, 0.4) is 0 Å². The van der Waals surface area contributed by atoms with E-state index in [9.17, 15) is 9.59 Å². The zero-order chi connectivity index (χ0) is 14.5. The van der Waals surface area contributed by atoms with Gasteiger partial charge in [0.15, 0.2) is 0 Å². The summed E-state index contributed by atoms with van der Waals surface area (Å²) in [6.07, 6.45) is 2.68. The molecule has 1 unspecified atom stereocenters. The van der Waals surface area contributed by atoms with E-state index >= 15 is 0 Å². The van der Waals surface area contributed by atoms with Crippen LogP contribution in [0.1, 0.15) is 40.0 Å². The quantitative estimate of drug-likeness (QED) is 0.762. The average Bonchev–Trinajstić information content (AvgIpc) is 2.37. The lowest BCUT2D eigenvalue weighted by Crippen LogP contribution is -2.49. The van der Waals surface area contributed by atoms with E-state index in [0.29, 0.717) is 13.1 Å². The van der Waals surface area contributed by atoms with E-state index in [1.165, 1.54) is 7.11 Å². The molecule has 1 atom stereocenters. The number of esters is 1. The summed E-state index contributed by atoms with van der Waals surface area (Å²) in [5.41, 5.74) is -0.172. The molecule has 19 heavy (non-hydrogen) atoms. The first-order valence-corrected chi connectivity index (χ1v) is 6.99. The lowest BCUT2D eigenvalue weighted by molar-refractivity contribution is -0.147. The Morgan fingerprint density at radius 3 is 2.68 bits per heavy atom. The summed E-state index contributed by atoms with van der Waals surface area (Å²) in [7, 11) is 1.41. The number of hydrogen-bond acceptors (Lipinski definition) is 4. The molecule has 1 fully saturated rings. The Bertz CT molecular complexity index is 329. The van der Waals surface area contributed by atoms with Gasteiger partial charge in [-0.3, -0.25) is 14.5 Å². The Balaban J connectivity index is 2.44. The Hall–Kier alpha value is -1.10. The smallest absolute Gasteiger partial charge is 0.309 e. The summed E-state index contributed by atoms with van der Waals surface area (Å²) in [4.78, 5) is 25.5. The van der Waals surface area contributed by atoms with Gasteiger partial charge in [-0.15, -0.1) is 0 Å². The van der Waals surface area contributed by atoms with Crippen molar-refractivity contribution in [3.63, 3.8) is 0 Å². The molecule has 0 aromatic carbocycles. The molecule has 0 saturated carbocycles. The maximum Gasteiger partial charge on any atom is 0.309 e. The summed E-state index contributed by atoms with van der Waals surface area (Å²) in [6.45, 7) is 7.92. The van der Waals surface area contributed by atoms with E-state index in [-0.39, 0.29) is 23.3 Å². The lowest BCUT2D eigenvalue weighted by atomic mass is 9.98. The summed E-state index contributed by atoms with van der Waals surface area (Å²) in [5.74, 6) is -0.234. The van der Waals surface area contributed by atoms with Gasteiger partial charge >= 0.3 is 5.97 Å². The van der Waals surface area contributed by atoms with E-state index in [0.717, 1.165) is 25.8 Å². The number of likely N-dealkylation sites (tertiary alicyclic amines) is 1. The highest BCUT2D eigenvalue weighted by Crippen LogP contribution is 2.17. The molecule has 0 aromatic heterocycles. The van der Waals surface area contributed by atoms with Crippen LogP contribution >= 0.6 is 0 Å². The summed E-state index contributed by atoms with van der Waals surface area (Å²) in [6, 6.07) is 0. The molecule has 0 radical (unpaired) electrons. The van der Waals surface area contributed by atoms with Gasteiger partial charge in [-0.25, -0.2) is 0 Å². The van der Waals surface area contributed by atoms with Gasteiger partial charge in [-0.2, -0.15) is 0 Å². The van der Waals surface area contributed by atoms with E-state index in [2.05, 4.69) is 12.2 Å². The highest BCUT2D eigenvalue weighted by molar-refractivity contribution is 5.79. The van der Waals surface area contributed by atoms with Gasteiger partial charge in [0, 0.05) is 12.1 Å². The minimum atomic E-state index is -0.172. The van der Waals surface area contributed by atoms with Gasteiger partial charge in [-0.05, 0) is 39.7 Å². The maximum atomic E-state index is 12.0. The molecule has 0 spiro atoms. The van der Waals surface area contributed by atoms with Crippen LogP contribution in [0.2, 0.25) is 0 Å². The second-order valence-electron chi connectivity index (χ2n) is 5.88. The number of hydrogen-bond donors (Lipinski definition) is 1. The Labute approximate surface area is 115 Å².